The van der Waals surface area contributed by atoms with Gasteiger partial charge in [0.25, 0.3) is 5.91 Å². The first-order valence-electron chi connectivity index (χ1n) is 26.1. The van der Waals surface area contributed by atoms with Gasteiger partial charge in [-0.15, -0.1) is 11.3 Å². The van der Waals surface area contributed by atoms with Crippen LogP contribution in [0.15, 0.2) is 87.7 Å². The Morgan fingerprint density at radius 1 is 0.962 bits per heavy atom. The molecule has 17 nitrogen and oxygen atoms in total. The highest BCUT2D eigenvalue weighted by Crippen LogP contribution is 2.39. The maximum Gasteiger partial charge on any atom is 0.407 e. The molecule has 0 bridgehead atoms. The maximum atomic E-state index is 14.4. The number of anilines is 1. The molecule has 5 heterocycles. The zero-order chi connectivity index (χ0) is 57.0. The summed E-state index contributed by atoms with van der Waals surface area (Å²) >= 11 is 1.52. The number of halogens is 3. The van der Waals surface area contributed by atoms with Crippen LogP contribution in [0.1, 0.15) is 105 Å². The molecule has 3 saturated heterocycles. The number of carbonyl (C=O) groups is 4. The second kappa shape index (κ2) is 24.2. The summed E-state index contributed by atoms with van der Waals surface area (Å²) < 4.78 is 72.5. The lowest BCUT2D eigenvalue weighted by atomic mass is 9.91. The summed E-state index contributed by atoms with van der Waals surface area (Å²) in [4.78, 5) is 69.4. The summed E-state index contributed by atoms with van der Waals surface area (Å²) in [5.41, 5.74) is 0.659. The number of aryl methyl sites for hydroxylation is 2. The van der Waals surface area contributed by atoms with E-state index in [1.807, 2.05) is 49.9 Å². The number of alkyl halides is 3. The first-order chi connectivity index (χ1) is 37.4. The van der Waals surface area contributed by atoms with E-state index in [0.717, 1.165) is 79.5 Å². The van der Waals surface area contributed by atoms with Gasteiger partial charge in [0.15, 0.2) is 21.1 Å². The molecule has 5 atom stereocenters. The molecule has 5 aromatic rings. The molecule has 3 fully saturated rings. The van der Waals surface area contributed by atoms with E-state index in [1.54, 1.807) is 18.5 Å². The maximum absolute atomic E-state index is 14.4. The second-order valence-electron chi connectivity index (χ2n) is 21.2. The fourth-order valence-electron chi connectivity index (χ4n) is 10.6. The molecule has 3 aliphatic heterocycles. The van der Waals surface area contributed by atoms with Crippen LogP contribution in [0.3, 0.4) is 0 Å². The molecular formula is C57H63F3N8O9S2. The SMILES string of the molecule is [C-]#[N+]c1ccc(NC(=O)C(C)(O)CS(=O)(=O)c2ccc(C#CC3CCN(C4CCN(C(=O)C[C@H](NC(=O)[C@@H]5C[C@@H](O)CN5C(=O)[C@@H](c5cc(C)no5)C(C)C)c5ccc(-c6scnc6C)cc5)CC4)CC3)cc2)cc1C(F)(F)F. The van der Waals surface area contributed by atoms with E-state index in [1.165, 1.54) is 40.5 Å². The monoisotopic (exact) mass is 1120 g/mol. The first kappa shape index (κ1) is 58.2. The van der Waals surface area contributed by atoms with Crippen molar-refractivity contribution in [2.75, 3.05) is 43.8 Å². The second-order valence-corrected chi connectivity index (χ2v) is 24.0. The number of amides is 4. The van der Waals surface area contributed by atoms with Gasteiger partial charge in [0.2, 0.25) is 17.7 Å². The van der Waals surface area contributed by atoms with Crippen LogP contribution in [-0.4, -0.2) is 129 Å². The third-order valence-electron chi connectivity index (χ3n) is 14.9. The lowest BCUT2D eigenvalue weighted by molar-refractivity contribution is -0.141. The lowest BCUT2D eigenvalue weighted by Gasteiger charge is -2.41. The Morgan fingerprint density at radius 3 is 2.24 bits per heavy atom. The highest BCUT2D eigenvalue weighted by Gasteiger charge is 2.44. The van der Waals surface area contributed by atoms with Crippen molar-refractivity contribution in [1.82, 2.24) is 30.2 Å². The number of thiazole rings is 1. The van der Waals surface area contributed by atoms with Crippen LogP contribution in [0, 0.1) is 44.1 Å². The van der Waals surface area contributed by atoms with E-state index in [-0.39, 0.29) is 59.7 Å². The normalized spacial score (nSPS) is 19.2. The Bertz CT molecular complexity index is 3260. The molecule has 79 heavy (non-hydrogen) atoms. The number of likely N-dealkylation sites (tertiary alicyclic amines) is 3. The molecule has 3 aromatic carbocycles. The Labute approximate surface area is 461 Å². The van der Waals surface area contributed by atoms with Crippen molar-refractivity contribution in [1.29, 1.82) is 0 Å². The third-order valence-corrected chi connectivity index (χ3v) is 17.8. The van der Waals surface area contributed by atoms with Crippen LogP contribution < -0.4 is 10.6 Å². The van der Waals surface area contributed by atoms with Crippen molar-refractivity contribution < 1.29 is 55.5 Å². The molecule has 3 aliphatic rings. The molecule has 8 rings (SSSR count). The molecule has 4 N–H and O–H groups in total. The smallest absolute Gasteiger partial charge is 0.391 e. The summed E-state index contributed by atoms with van der Waals surface area (Å²) in [5, 5.41) is 30.9. The van der Waals surface area contributed by atoms with Crippen molar-refractivity contribution >= 4 is 56.2 Å². The first-order valence-corrected chi connectivity index (χ1v) is 28.6. The number of sulfone groups is 1. The van der Waals surface area contributed by atoms with Crippen LogP contribution in [0.4, 0.5) is 24.5 Å². The molecule has 0 spiro atoms. The predicted octanol–water partition coefficient (Wildman–Crippen LogP) is 7.85. The summed E-state index contributed by atoms with van der Waals surface area (Å²) in [6.07, 6.45) is -2.65. The number of aliphatic hydroxyl groups excluding tert-OH is 1. The number of piperidine rings is 2. The van der Waals surface area contributed by atoms with Gasteiger partial charge in [-0.3, -0.25) is 19.2 Å². The van der Waals surface area contributed by atoms with Crippen LogP contribution in [0.5, 0.6) is 0 Å². The average Bonchev–Trinajstić information content (AvgIpc) is 4.24. The van der Waals surface area contributed by atoms with Crippen LogP contribution in [0.2, 0.25) is 0 Å². The summed E-state index contributed by atoms with van der Waals surface area (Å²) in [6, 6.07) is 16.1. The van der Waals surface area contributed by atoms with E-state index in [2.05, 4.69) is 42.4 Å². The van der Waals surface area contributed by atoms with Crippen LogP contribution in [-0.2, 0) is 35.2 Å². The quantitative estimate of drug-likeness (QED) is 0.0582. The minimum Gasteiger partial charge on any atom is -0.391 e. The zero-order valence-electron chi connectivity index (χ0n) is 44.4. The number of nitrogens with zero attached hydrogens (tertiary/aromatic N) is 6. The Hall–Kier alpha value is -6.95. The molecule has 0 aliphatic carbocycles. The van der Waals surface area contributed by atoms with Crippen LogP contribution >= 0.6 is 11.3 Å². The topological polar surface area (TPSA) is 220 Å². The average molecular weight is 1130 g/mol. The standard InChI is InChI=1S/C57H63F3N8O9S2/c1-34(2)51(49-27-35(3)65-77-49)54(72)68-31-43(69)29-48(68)53(71)64-47(39-11-13-40(14-12-39)52-36(4)62-33-78-52)30-50(70)67-25-21-42(22-26-67)66-23-19-38(20-24-66)8-7-37-9-16-44(17-10-37)79(75,76)32-56(5,74)55(73)63-41-15-18-46(61-6)45(28-41)57(58,59)60/h9-18,27-28,33-34,38,42-43,47-48,51,69,74H,19-26,29-32H2,1-5H3,(H,63,73)(H,64,71)/t43-,47+,48+,51-,56?/m1/s1. The molecule has 22 heteroatoms. The minimum absolute atomic E-state index is 0.0174. The number of nitrogens with one attached hydrogen (secondary N) is 2. The fourth-order valence-corrected chi connectivity index (χ4v) is 13.0. The van der Waals surface area contributed by atoms with Crippen molar-refractivity contribution in [3.05, 3.63) is 124 Å². The Balaban J connectivity index is 0.843. The van der Waals surface area contributed by atoms with Gasteiger partial charge in [-0.25, -0.2) is 18.2 Å². The number of rotatable bonds is 15. The minimum atomic E-state index is -4.89. The number of carbonyl (C=O) groups excluding carboxylic acids is 4. The number of hydrogen-bond acceptors (Lipinski definition) is 13. The van der Waals surface area contributed by atoms with Gasteiger partial charge in [-0.05, 0) is 113 Å². The molecule has 2 aromatic heterocycles. The molecule has 0 saturated carbocycles. The molecule has 0 radical (unpaired) electrons. The van der Waals surface area contributed by atoms with Crippen molar-refractivity contribution in [3.8, 4) is 22.3 Å². The predicted molar refractivity (Wildman–Crippen MR) is 289 cm³/mol. The fraction of sp³-hybridized carbons (Fsp3) is 0.456. The van der Waals surface area contributed by atoms with E-state index in [0.29, 0.717) is 36.2 Å². The van der Waals surface area contributed by atoms with Crippen molar-refractivity contribution in [2.45, 2.75) is 120 Å². The van der Waals surface area contributed by atoms with E-state index >= 15 is 0 Å². The lowest BCUT2D eigenvalue weighted by Crippen LogP contribution is -2.50. The molecule has 1 unspecified atom stereocenters. The Morgan fingerprint density at radius 2 is 1.65 bits per heavy atom. The van der Waals surface area contributed by atoms with Crippen molar-refractivity contribution in [3.63, 3.8) is 0 Å². The largest absolute Gasteiger partial charge is 0.407 e. The number of hydrogen-bond donors (Lipinski definition) is 4. The van der Waals surface area contributed by atoms with Gasteiger partial charge < -0.3 is 40.1 Å². The highest BCUT2D eigenvalue weighted by atomic mass is 32.2. The van der Waals surface area contributed by atoms with Gasteiger partial charge in [0, 0.05) is 55.3 Å². The van der Waals surface area contributed by atoms with Gasteiger partial charge in [0.1, 0.15) is 17.7 Å². The Kier molecular flexibility index (Phi) is 17.8. The number of aromatic nitrogens is 2. The molecule has 4 amide bonds. The van der Waals surface area contributed by atoms with E-state index in [9.17, 15) is 51.0 Å². The van der Waals surface area contributed by atoms with Gasteiger partial charge in [-0.1, -0.05) is 61.2 Å². The van der Waals surface area contributed by atoms with E-state index in [4.69, 9.17) is 11.1 Å². The highest BCUT2D eigenvalue weighted by molar-refractivity contribution is 7.91. The van der Waals surface area contributed by atoms with Gasteiger partial charge in [0.05, 0.1) is 63.1 Å². The zero-order valence-corrected chi connectivity index (χ0v) is 46.1. The van der Waals surface area contributed by atoms with Crippen molar-refractivity contribution in [2.24, 2.45) is 11.8 Å². The summed E-state index contributed by atoms with van der Waals surface area (Å²) in [7, 11) is -4.27. The van der Waals surface area contributed by atoms with Crippen LogP contribution in [0.25, 0.3) is 15.3 Å². The number of benzene rings is 3. The molecular weight excluding hydrogens is 1060 g/mol. The number of aliphatic hydroxyl groups is 2. The molecule has 418 valence electrons. The van der Waals surface area contributed by atoms with Gasteiger partial charge >= 0.3 is 6.18 Å². The summed E-state index contributed by atoms with van der Waals surface area (Å²) in [5.74, 6) is 2.77. The number of β-amino-alcohol motifs (C(OH)–C–C–N with tert-alkyl or cyclic N) is 1. The third kappa shape index (κ3) is 13.9. The summed E-state index contributed by atoms with van der Waals surface area (Å²) in [6.45, 7) is 18.1. The van der Waals surface area contributed by atoms with E-state index < -0.39 is 74.5 Å². The van der Waals surface area contributed by atoms with Gasteiger partial charge in [-0.2, -0.15) is 13.2 Å².